The van der Waals surface area contributed by atoms with Gasteiger partial charge in [0.2, 0.25) is 0 Å². The molecule has 1 saturated heterocycles. The van der Waals surface area contributed by atoms with Gasteiger partial charge in [0.1, 0.15) is 4.99 Å². The van der Waals surface area contributed by atoms with Crippen LogP contribution in [-0.2, 0) is 9.47 Å². The number of nitrogens with zero attached hydrogens (tertiary/aromatic N) is 2. The summed E-state index contributed by atoms with van der Waals surface area (Å²) in [6, 6.07) is 0. The predicted octanol–water partition coefficient (Wildman–Crippen LogP) is 10.2. The SMILES string of the molecule is C=C1C=C2SCCC2C(=S)N1CC(C)(C)CCCOCCCOCCCC(C)(C)CCN1C(=S)C=CC(CCC)C1=S.CC. The average molecular weight is 681 g/mol. The van der Waals surface area contributed by atoms with Gasteiger partial charge in [0.25, 0.3) is 0 Å². The van der Waals surface area contributed by atoms with Crippen LogP contribution >= 0.6 is 48.4 Å². The average Bonchev–Trinajstić information content (AvgIpc) is 3.45. The Morgan fingerprint density at radius 2 is 1.50 bits per heavy atom. The van der Waals surface area contributed by atoms with Gasteiger partial charge < -0.3 is 19.3 Å². The molecular formula is C36H60N2O2S4. The third-order valence-electron chi connectivity index (χ3n) is 8.62. The van der Waals surface area contributed by atoms with E-state index in [4.69, 9.17) is 46.1 Å². The van der Waals surface area contributed by atoms with Gasteiger partial charge in [0, 0.05) is 57.0 Å². The highest BCUT2D eigenvalue weighted by molar-refractivity contribution is 8.03. The van der Waals surface area contributed by atoms with Gasteiger partial charge in [-0.15, -0.1) is 11.8 Å². The first kappa shape index (κ1) is 39.5. The lowest BCUT2D eigenvalue weighted by atomic mass is 9.84. The first-order valence-electron chi connectivity index (χ1n) is 17.0. The number of fused-ring (bicyclic) bond motifs is 1. The van der Waals surface area contributed by atoms with Crippen LogP contribution in [0.2, 0.25) is 0 Å². The van der Waals surface area contributed by atoms with E-state index in [1.165, 1.54) is 10.7 Å². The van der Waals surface area contributed by atoms with Gasteiger partial charge in [-0.05, 0) is 85.0 Å². The number of thioether (sulfide) groups is 1. The largest absolute Gasteiger partial charge is 0.381 e. The van der Waals surface area contributed by atoms with Crippen molar-refractivity contribution in [3.8, 4) is 0 Å². The quantitative estimate of drug-likeness (QED) is 0.0982. The maximum absolute atomic E-state index is 5.93. The number of thiocarbonyl (C=S) groups is 3. The topological polar surface area (TPSA) is 24.9 Å². The molecule has 2 atom stereocenters. The summed E-state index contributed by atoms with van der Waals surface area (Å²) >= 11 is 19.2. The molecule has 1 fully saturated rings. The number of rotatable bonds is 19. The fourth-order valence-corrected chi connectivity index (χ4v) is 8.38. The normalized spacial score (nSPS) is 20.6. The Balaban J connectivity index is 0.00000330. The fraction of sp³-hybridized carbons (Fsp3) is 0.750. The van der Waals surface area contributed by atoms with Crippen molar-refractivity contribution in [1.82, 2.24) is 9.80 Å². The predicted molar refractivity (Wildman–Crippen MR) is 205 cm³/mol. The van der Waals surface area contributed by atoms with Gasteiger partial charge in [-0.2, -0.15) is 0 Å². The first-order valence-corrected chi connectivity index (χ1v) is 19.2. The zero-order chi connectivity index (χ0) is 32.8. The Kier molecular flexibility index (Phi) is 17.9. The van der Waals surface area contributed by atoms with Crippen LogP contribution in [0.15, 0.2) is 35.4 Å². The van der Waals surface area contributed by atoms with E-state index in [0.717, 1.165) is 118 Å². The van der Waals surface area contributed by atoms with Crippen molar-refractivity contribution in [2.45, 2.75) is 106 Å². The molecule has 0 aromatic rings. The Morgan fingerprint density at radius 1 is 0.886 bits per heavy atom. The zero-order valence-electron chi connectivity index (χ0n) is 28.8. The molecule has 4 nitrogen and oxygen atoms in total. The minimum atomic E-state index is 0.157. The minimum absolute atomic E-state index is 0.157. The van der Waals surface area contributed by atoms with Crippen molar-refractivity contribution >= 4 is 63.4 Å². The summed E-state index contributed by atoms with van der Waals surface area (Å²) in [7, 11) is 0. The van der Waals surface area contributed by atoms with E-state index < -0.39 is 0 Å². The van der Waals surface area contributed by atoms with Crippen LogP contribution in [0.25, 0.3) is 0 Å². The molecule has 0 aromatic heterocycles. The van der Waals surface area contributed by atoms with Crippen LogP contribution in [0, 0.1) is 22.7 Å². The summed E-state index contributed by atoms with van der Waals surface area (Å²) in [6.45, 7) is 24.8. The Labute approximate surface area is 290 Å². The van der Waals surface area contributed by atoms with Gasteiger partial charge in [-0.1, -0.05) is 104 Å². The van der Waals surface area contributed by atoms with Gasteiger partial charge in [-0.3, -0.25) is 0 Å². The molecule has 44 heavy (non-hydrogen) atoms. The van der Waals surface area contributed by atoms with E-state index in [1.807, 2.05) is 25.6 Å². The molecule has 250 valence electrons. The van der Waals surface area contributed by atoms with Crippen molar-refractivity contribution in [2.75, 3.05) is 45.3 Å². The highest BCUT2D eigenvalue weighted by atomic mass is 32.2. The molecule has 0 radical (unpaired) electrons. The van der Waals surface area contributed by atoms with Crippen LogP contribution in [0.4, 0.5) is 0 Å². The van der Waals surface area contributed by atoms with Gasteiger partial charge in [-0.25, -0.2) is 0 Å². The van der Waals surface area contributed by atoms with Crippen molar-refractivity contribution < 1.29 is 9.47 Å². The van der Waals surface area contributed by atoms with Crippen LogP contribution in [0.5, 0.6) is 0 Å². The number of hydrogen-bond acceptors (Lipinski definition) is 6. The molecule has 0 aliphatic carbocycles. The number of hydrogen-bond donors (Lipinski definition) is 0. The molecule has 0 N–H and O–H groups in total. The maximum atomic E-state index is 5.93. The Morgan fingerprint density at radius 3 is 2.14 bits per heavy atom. The van der Waals surface area contributed by atoms with Crippen LogP contribution in [0.1, 0.15) is 106 Å². The molecule has 2 unspecified atom stereocenters. The van der Waals surface area contributed by atoms with E-state index in [0.29, 0.717) is 11.8 Å². The lowest BCUT2D eigenvalue weighted by molar-refractivity contribution is 0.0726. The lowest BCUT2D eigenvalue weighted by Crippen LogP contribution is -2.42. The molecule has 3 heterocycles. The summed E-state index contributed by atoms with van der Waals surface area (Å²) in [5.74, 6) is 1.96. The molecule has 3 aliphatic heterocycles. The number of ether oxygens (including phenoxy) is 2. The molecule has 0 spiro atoms. The molecule has 3 aliphatic rings. The molecule has 0 saturated carbocycles. The lowest BCUT2D eigenvalue weighted by Gasteiger charge is -2.39. The molecule has 0 amide bonds. The van der Waals surface area contributed by atoms with E-state index in [9.17, 15) is 0 Å². The van der Waals surface area contributed by atoms with Crippen LogP contribution < -0.4 is 0 Å². The van der Waals surface area contributed by atoms with Crippen molar-refractivity contribution in [3.63, 3.8) is 0 Å². The van der Waals surface area contributed by atoms with Crippen LogP contribution in [0.3, 0.4) is 0 Å². The molecule has 8 heteroatoms. The van der Waals surface area contributed by atoms with E-state index in [-0.39, 0.29) is 10.8 Å². The van der Waals surface area contributed by atoms with E-state index >= 15 is 0 Å². The first-order chi connectivity index (χ1) is 20.9. The van der Waals surface area contributed by atoms with Crippen molar-refractivity contribution in [2.24, 2.45) is 22.7 Å². The maximum Gasteiger partial charge on any atom is 0.106 e. The van der Waals surface area contributed by atoms with E-state index in [2.05, 4.69) is 69.2 Å². The van der Waals surface area contributed by atoms with E-state index in [1.54, 1.807) is 0 Å². The number of allylic oxidation sites excluding steroid dienone is 1. The summed E-state index contributed by atoms with van der Waals surface area (Å²) in [5, 5.41) is 0. The highest BCUT2D eigenvalue weighted by Crippen LogP contribution is 2.43. The summed E-state index contributed by atoms with van der Waals surface area (Å²) in [6.07, 6.45) is 16.3. The third-order valence-corrected chi connectivity index (χ3v) is 11.2. The van der Waals surface area contributed by atoms with Gasteiger partial charge in [0.15, 0.2) is 0 Å². The van der Waals surface area contributed by atoms with Gasteiger partial charge >= 0.3 is 0 Å². The fourth-order valence-electron chi connectivity index (χ4n) is 5.93. The summed E-state index contributed by atoms with van der Waals surface area (Å²) < 4.78 is 11.8. The van der Waals surface area contributed by atoms with Crippen molar-refractivity contribution in [1.29, 1.82) is 0 Å². The molecule has 0 aromatic carbocycles. The molecule has 3 rings (SSSR count). The minimum Gasteiger partial charge on any atom is -0.381 e. The monoisotopic (exact) mass is 680 g/mol. The second-order valence-electron chi connectivity index (χ2n) is 13.6. The second kappa shape index (κ2) is 19.9. The Hall–Kier alpha value is -0.640. The highest BCUT2D eigenvalue weighted by Gasteiger charge is 2.35. The van der Waals surface area contributed by atoms with Crippen molar-refractivity contribution in [3.05, 3.63) is 35.4 Å². The smallest absolute Gasteiger partial charge is 0.106 e. The van der Waals surface area contributed by atoms with Gasteiger partial charge in [0.05, 0.1) is 9.98 Å². The zero-order valence-corrected chi connectivity index (χ0v) is 32.0. The van der Waals surface area contributed by atoms with Crippen LogP contribution in [-0.4, -0.2) is 70.0 Å². The summed E-state index contributed by atoms with van der Waals surface area (Å²) in [4.78, 5) is 8.83. The standard InChI is InChI=1S/C34H54N2O2S4.C2H6/c1-7-11-27-12-13-30(39)35(31(27)40)18-17-33(3,4)15-8-19-37-21-10-22-38-20-9-16-34(5,6)25-36-26(2)24-29-28(32(36)41)14-23-42-29;1-2/h12-13,24,27-28H,2,7-11,14-23,25H2,1,3-6H3;1-2H3. The summed E-state index contributed by atoms with van der Waals surface area (Å²) in [5.41, 5.74) is 1.44. The molecule has 0 bridgehead atoms. The third kappa shape index (κ3) is 12.9. The molecular weight excluding hydrogens is 621 g/mol. The second-order valence-corrected chi connectivity index (χ2v) is 16.0. The Bertz CT molecular complexity index is 1020.